The van der Waals surface area contributed by atoms with Gasteiger partial charge in [-0.15, -0.1) is 0 Å². The molecule has 2 heteroatoms. The van der Waals surface area contributed by atoms with Gasteiger partial charge in [0, 0.05) is 18.7 Å². The smallest absolute Gasteiger partial charge is 0.176 e. The van der Waals surface area contributed by atoms with Gasteiger partial charge in [0.15, 0.2) is 5.78 Å². The Balaban J connectivity index is 1.89. The van der Waals surface area contributed by atoms with Crippen molar-refractivity contribution in [2.45, 2.75) is 13.8 Å². The number of hydrogen-bond donors (Lipinski definition) is 0. The summed E-state index contributed by atoms with van der Waals surface area (Å²) in [7, 11) is 0. The third-order valence-corrected chi connectivity index (χ3v) is 2.77. The molecule has 1 aliphatic heterocycles. The minimum atomic E-state index is 0.228. The molecule has 0 unspecified atom stereocenters. The van der Waals surface area contributed by atoms with Gasteiger partial charge >= 0.3 is 0 Å². The first-order chi connectivity index (χ1) is 7.07. The molecule has 2 nitrogen and oxygen atoms in total. The molecule has 1 saturated heterocycles. The van der Waals surface area contributed by atoms with Crippen LogP contribution in [0.15, 0.2) is 30.3 Å². The molecule has 1 aromatic rings. The summed E-state index contributed by atoms with van der Waals surface area (Å²) in [5.74, 6) is 0.228. The van der Waals surface area contributed by atoms with Gasteiger partial charge in [0.25, 0.3) is 0 Å². The molecule has 0 amide bonds. The summed E-state index contributed by atoms with van der Waals surface area (Å²) in [6.45, 7) is 7.09. The first-order valence-electron chi connectivity index (χ1n) is 5.37. The maximum atomic E-state index is 11.8. The van der Waals surface area contributed by atoms with E-state index in [9.17, 15) is 4.79 Å². The molecule has 0 aromatic heterocycles. The van der Waals surface area contributed by atoms with Crippen LogP contribution >= 0.6 is 0 Å². The number of hydrogen-bond acceptors (Lipinski definition) is 2. The normalized spacial score (nSPS) is 19.6. The van der Waals surface area contributed by atoms with Gasteiger partial charge in [0.1, 0.15) is 0 Å². The number of carbonyl (C=O) groups excluding carboxylic acids is 1. The van der Waals surface area contributed by atoms with Crippen LogP contribution in [0.25, 0.3) is 0 Å². The second kappa shape index (κ2) is 3.78. The van der Waals surface area contributed by atoms with Crippen LogP contribution in [0.1, 0.15) is 24.2 Å². The van der Waals surface area contributed by atoms with Crippen molar-refractivity contribution in [1.82, 2.24) is 4.90 Å². The molecule has 0 atom stereocenters. The van der Waals surface area contributed by atoms with Crippen LogP contribution in [-0.2, 0) is 0 Å². The Morgan fingerprint density at radius 2 is 1.87 bits per heavy atom. The SMILES string of the molecule is CC1(C)CN(CC(=O)c2ccccc2)C1. The van der Waals surface area contributed by atoms with Crippen LogP contribution in [0, 0.1) is 5.41 Å². The quantitative estimate of drug-likeness (QED) is 0.702. The average Bonchev–Trinajstić information content (AvgIpc) is 2.16. The third kappa shape index (κ3) is 2.45. The zero-order chi connectivity index (χ0) is 10.9. The highest BCUT2D eigenvalue weighted by atomic mass is 16.1. The molecular formula is C13H17NO. The van der Waals surface area contributed by atoms with E-state index in [4.69, 9.17) is 0 Å². The Labute approximate surface area is 90.9 Å². The molecule has 0 saturated carbocycles. The Bertz CT molecular complexity index is 348. The molecule has 15 heavy (non-hydrogen) atoms. The number of carbonyl (C=O) groups is 1. The number of Topliss-reactive ketones (excluding diaryl/α,β-unsaturated/α-hetero) is 1. The van der Waals surface area contributed by atoms with Gasteiger partial charge in [-0.25, -0.2) is 0 Å². The van der Waals surface area contributed by atoms with Crippen LogP contribution < -0.4 is 0 Å². The van der Waals surface area contributed by atoms with Crippen LogP contribution in [0.5, 0.6) is 0 Å². The topological polar surface area (TPSA) is 20.3 Å². The third-order valence-electron chi connectivity index (χ3n) is 2.77. The van der Waals surface area contributed by atoms with Crippen molar-refractivity contribution in [2.24, 2.45) is 5.41 Å². The van der Waals surface area contributed by atoms with Gasteiger partial charge in [-0.1, -0.05) is 44.2 Å². The van der Waals surface area contributed by atoms with Crippen molar-refractivity contribution in [3.63, 3.8) is 0 Å². The maximum absolute atomic E-state index is 11.8. The zero-order valence-electron chi connectivity index (χ0n) is 9.36. The van der Waals surface area contributed by atoms with E-state index in [0.29, 0.717) is 12.0 Å². The molecule has 1 aromatic carbocycles. The molecule has 0 radical (unpaired) electrons. The molecule has 0 spiro atoms. The van der Waals surface area contributed by atoms with E-state index in [0.717, 1.165) is 18.7 Å². The molecule has 0 aliphatic carbocycles. The Morgan fingerprint density at radius 3 is 2.40 bits per heavy atom. The van der Waals surface area contributed by atoms with Gasteiger partial charge < -0.3 is 0 Å². The Morgan fingerprint density at radius 1 is 1.27 bits per heavy atom. The molecular weight excluding hydrogens is 186 g/mol. The van der Waals surface area contributed by atoms with Crippen molar-refractivity contribution in [1.29, 1.82) is 0 Å². The van der Waals surface area contributed by atoms with Gasteiger partial charge in [0.05, 0.1) is 6.54 Å². The Kier molecular flexibility index (Phi) is 2.61. The van der Waals surface area contributed by atoms with E-state index < -0.39 is 0 Å². The number of rotatable bonds is 3. The number of ketones is 1. The number of nitrogens with zero attached hydrogens (tertiary/aromatic N) is 1. The lowest BCUT2D eigenvalue weighted by molar-refractivity contribution is 0.0312. The minimum Gasteiger partial charge on any atom is -0.295 e. The van der Waals surface area contributed by atoms with Crippen LogP contribution in [0.4, 0.5) is 0 Å². The van der Waals surface area contributed by atoms with E-state index in [1.807, 2.05) is 30.3 Å². The lowest BCUT2D eigenvalue weighted by Crippen LogP contribution is -2.54. The van der Waals surface area contributed by atoms with Crippen molar-refractivity contribution in [3.05, 3.63) is 35.9 Å². The largest absolute Gasteiger partial charge is 0.295 e. The van der Waals surface area contributed by atoms with E-state index in [1.54, 1.807) is 0 Å². The van der Waals surface area contributed by atoms with Gasteiger partial charge in [-0.05, 0) is 5.41 Å². The van der Waals surface area contributed by atoms with Crippen LogP contribution in [0.3, 0.4) is 0 Å². The highest BCUT2D eigenvalue weighted by Gasteiger charge is 2.34. The van der Waals surface area contributed by atoms with Crippen molar-refractivity contribution in [3.8, 4) is 0 Å². The minimum absolute atomic E-state index is 0.228. The summed E-state index contributed by atoms with van der Waals surface area (Å²) in [5, 5.41) is 0. The van der Waals surface area contributed by atoms with E-state index >= 15 is 0 Å². The summed E-state index contributed by atoms with van der Waals surface area (Å²) in [4.78, 5) is 14.0. The van der Waals surface area contributed by atoms with E-state index in [-0.39, 0.29) is 5.78 Å². The molecule has 1 fully saturated rings. The first-order valence-corrected chi connectivity index (χ1v) is 5.37. The fourth-order valence-electron chi connectivity index (χ4n) is 2.19. The van der Waals surface area contributed by atoms with Crippen molar-refractivity contribution in [2.75, 3.05) is 19.6 Å². The fraction of sp³-hybridized carbons (Fsp3) is 0.462. The van der Waals surface area contributed by atoms with Crippen LogP contribution in [-0.4, -0.2) is 30.3 Å². The zero-order valence-corrected chi connectivity index (χ0v) is 9.36. The maximum Gasteiger partial charge on any atom is 0.176 e. The van der Waals surface area contributed by atoms with E-state index in [1.165, 1.54) is 0 Å². The van der Waals surface area contributed by atoms with Gasteiger partial charge in [-0.3, -0.25) is 9.69 Å². The molecule has 1 heterocycles. The summed E-state index contributed by atoms with van der Waals surface area (Å²) in [5.41, 5.74) is 1.22. The molecule has 0 N–H and O–H groups in total. The molecule has 0 bridgehead atoms. The monoisotopic (exact) mass is 203 g/mol. The Hall–Kier alpha value is -1.15. The molecule has 2 rings (SSSR count). The lowest BCUT2D eigenvalue weighted by Gasteiger charge is -2.45. The second-order valence-corrected chi connectivity index (χ2v) is 5.10. The standard InChI is InChI=1S/C13H17NO/c1-13(2)9-14(10-13)8-12(15)11-6-4-3-5-7-11/h3-7H,8-10H2,1-2H3. The summed E-state index contributed by atoms with van der Waals surface area (Å²) < 4.78 is 0. The average molecular weight is 203 g/mol. The first kappa shape index (κ1) is 10.4. The predicted octanol–water partition coefficient (Wildman–Crippen LogP) is 2.21. The van der Waals surface area contributed by atoms with Crippen molar-refractivity contribution >= 4 is 5.78 Å². The van der Waals surface area contributed by atoms with E-state index in [2.05, 4.69) is 18.7 Å². The molecule has 1 aliphatic rings. The summed E-state index contributed by atoms with van der Waals surface area (Å²) in [6.07, 6.45) is 0. The lowest BCUT2D eigenvalue weighted by atomic mass is 9.84. The van der Waals surface area contributed by atoms with Crippen molar-refractivity contribution < 1.29 is 4.79 Å². The van der Waals surface area contributed by atoms with Gasteiger partial charge in [-0.2, -0.15) is 0 Å². The summed E-state index contributed by atoms with van der Waals surface area (Å²) >= 11 is 0. The number of likely N-dealkylation sites (tertiary alicyclic amines) is 1. The highest BCUT2D eigenvalue weighted by Crippen LogP contribution is 2.28. The number of benzene rings is 1. The highest BCUT2D eigenvalue weighted by molar-refractivity contribution is 5.97. The second-order valence-electron chi connectivity index (χ2n) is 5.10. The fourth-order valence-corrected chi connectivity index (χ4v) is 2.19. The summed E-state index contributed by atoms with van der Waals surface area (Å²) in [6, 6.07) is 9.52. The predicted molar refractivity (Wildman–Crippen MR) is 61.0 cm³/mol. The molecule has 80 valence electrons. The van der Waals surface area contributed by atoms with Crippen LogP contribution in [0.2, 0.25) is 0 Å². The van der Waals surface area contributed by atoms with Gasteiger partial charge in [0.2, 0.25) is 0 Å².